The Balaban J connectivity index is 0.00000256. The number of amides is 1. The Bertz CT molecular complexity index is 345. The lowest BCUT2D eigenvalue weighted by molar-refractivity contribution is -0.120. The summed E-state index contributed by atoms with van der Waals surface area (Å²) in [5.74, 6) is -0.00169. The van der Waals surface area contributed by atoms with Crippen LogP contribution in [-0.4, -0.2) is 28.9 Å². The van der Waals surface area contributed by atoms with Gasteiger partial charge in [-0.2, -0.15) is 11.8 Å². The van der Waals surface area contributed by atoms with Gasteiger partial charge in [0.2, 0.25) is 5.91 Å². The molecule has 1 aromatic rings. The molecule has 3 N–H and O–H groups in total. The molecule has 96 valence electrons. The zero-order chi connectivity index (χ0) is 12.0. The number of pyridine rings is 1. The lowest BCUT2D eigenvalue weighted by Crippen LogP contribution is -2.30. The van der Waals surface area contributed by atoms with Crippen LogP contribution in [0.3, 0.4) is 0 Å². The van der Waals surface area contributed by atoms with Crippen LogP contribution in [-0.2, 0) is 11.2 Å². The number of carbonyl (C=O) groups is 1. The Morgan fingerprint density at radius 3 is 2.82 bits per heavy atom. The summed E-state index contributed by atoms with van der Waals surface area (Å²) in [6.07, 6.45) is 3.90. The topological polar surface area (TPSA) is 68.0 Å². The second kappa shape index (κ2) is 8.20. The molecule has 0 fully saturated rings. The molecule has 1 unspecified atom stereocenters. The minimum atomic E-state index is -0.00169. The zero-order valence-corrected chi connectivity index (χ0v) is 11.6. The van der Waals surface area contributed by atoms with Crippen molar-refractivity contribution in [3.63, 3.8) is 0 Å². The predicted molar refractivity (Wildman–Crippen MR) is 75.6 cm³/mol. The minimum absolute atomic E-state index is 0. The van der Waals surface area contributed by atoms with E-state index in [1.54, 1.807) is 30.1 Å². The quantitative estimate of drug-likeness (QED) is 0.854. The largest absolute Gasteiger partial charge is 0.397 e. The van der Waals surface area contributed by atoms with E-state index in [0.717, 1.165) is 5.69 Å². The van der Waals surface area contributed by atoms with E-state index in [4.69, 9.17) is 5.73 Å². The number of nitrogen functional groups attached to an aromatic ring is 1. The number of rotatable bonds is 5. The van der Waals surface area contributed by atoms with E-state index in [1.165, 1.54) is 0 Å². The highest BCUT2D eigenvalue weighted by Crippen LogP contribution is 2.04. The summed E-state index contributed by atoms with van der Waals surface area (Å²) < 4.78 is 0. The fourth-order valence-electron chi connectivity index (χ4n) is 1.11. The third-order valence-corrected chi connectivity index (χ3v) is 3.15. The van der Waals surface area contributed by atoms with Crippen molar-refractivity contribution >= 4 is 35.8 Å². The molecule has 0 radical (unpaired) electrons. The molecule has 1 aromatic heterocycles. The highest BCUT2D eigenvalue weighted by atomic mass is 35.5. The molecule has 0 bridgehead atoms. The molecule has 1 heterocycles. The van der Waals surface area contributed by atoms with Gasteiger partial charge in [0.25, 0.3) is 0 Å². The van der Waals surface area contributed by atoms with Crippen molar-refractivity contribution in [2.45, 2.75) is 18.6 Å². The van der Waals surface area contributed by atoms with Crippen molar-refractivity contribution in [2.75, 3.05) is 18.5 Å². The molecule has 1 atom stereocenters. The summed E-state index contributed by atoms with van der Waals surface area (Å²) in [5.41, 5.74) is 6.86. The minimum Gasteiger partial charge on any atom is -0.397 e. The first-order valence-electron chi connectivity index (χ1n) is 5.11. The molecular formula is C11H18ClN3OS. The number of nitrogens with two attached hydrogens (primary N) is 1. The maximum atomic E-state index is 11.5. The Labute approximate surface area is 112 Å². The summed E-state index contributed by atoms with van der Waals surface area (Å²) in [4.78, 5) is 15.6. The number of hydrogen-bond donors (Lipinski definition) is 2. The second-order valence-electron chi connectivity index (χ2n) is 3.61. The molecule has 0 saturated heterocycles. The number of nitrogens with zero attached hydrogens (tertiary/aromatic N) is 1. The number of hydrogen-bond acceptors (Lipinski definition) is 4. The average molecular weight is 276 g/mol. The van der Waals surface area contributed by atoms with Gasteiger partial charge in [-0.05, 0) is 18.4 Å². The van der Waals surface area contributed by atoms with Gasteiger partial charge in [0.1, 0.15) is 0 Å². The highest BCUT2D eigenvalue weighted by molar-refractivity contribution is 7.99. The molecule has 0 aliphatic heterocycles. The number of aromatic nitrogens is 1. The van der Waals surface area contributed by atoms with Gasteiger partial charge in [-0.25, -0.2) is 0 Å². The van der Waals surface area contributed by atoms with E-state index in [1.807, 2.05) is 6.26 Å². The third-order valence-electron chi connectivity index (χ3n) is 2.18. The number of thioether (sulfide) groups is 1. The van der Waals surface area contributed by atoms with Crippen molar-refractivity contribution in [1.82, 2.24) is 10.3 Å². The molecule has 1 rings (SSSR count). The average Bonchev–Trinajstić information content (AvgIpc) is 2.29. The monoisotopic (exact) mass is 275 g/mol. The molecule has 17 heavy (non-hydrogen) atoms. The molecule has 0 spiro atoms. The van der Waals surface area contributed by atoms with E-state index >= 15 is 0 Å². The first kappa shape index (κ1) is 16.1. The van der Waals surface area contributed by atoms with E-state index in [-0.39, 0.29) is 18.3 Å². The van der Waals surface area contributed by atoms with Gasteiger partial charge in [0.15, 0.2) is 0 Å². The number of nitrogens with one attached hydrogen (secondary N) is 1. The Morgan fingerprint density at radius 1 is 1.59 bits per heavy atom. The fourth-order valence-corrected chi connectivity index (χ4v) is 1.36. The molecule has 0 aliphatic carbocycles. The normalized spacial score (nSPS) is 11.4. The van der Waals surface area contributed by atoms with Crippen LogP contribution < -0.4 is 11.1 Å². The smallest absolute Gasteiger partial charge is 0.226 e. The lowest BCUT2D eigenvalue weighted by atomic mass is 10.2. The maximum Gasteiger partial charge on any atom is 0.226 e. The Kier molecular flexibility index (Phi) is 7.74. The van der Waals surface area contributed by atoms with Crippen molar-refractivity contribution in [3.05, 3.63) is 24.0 Å². The van der Waals surface area contributed by atoms with E-state index in [9.17, 15) is 4.79 Å². The fraction of sp³-hybridized carbons (Fsp3) is 0.455. The van der Waals surface area contributed by atoms with Gasteiger partial charge < -0.3 is 11.1 Å². The highest BCUT2D eigenvalue weighted by Gasteiger charge is 2.06. The van der Waals surface area contributed by atoms with Crippen molar-refractivity contribution in [3.8, 4) is 0 Å². The molecular weight excluding hydrogens is 258 g/mol. The van der Waals surface area contributed by atoms with Crippen LogP contribution in [0.25, 0.3) is 0 Å². The van der Waals surface area contributed by atoms with Crippen LogP contribution in [0, 0.1) is 0 Å². The summed E-state index contributed by atoms with van der Waals surface area (Å²) in [6.45, 7) is 2.77. The van der Waals surface area contributed by atoms with Crippen LogP contribution in [0.4, 0.5) is 5.69 Å². The van der Waals surface area contributed by atoms with Crippen molar-refractivity contribution < 1.29 is 4.79 Å². The number of halogens is 1. The molecule has 0 saturated carbocycles. The molecule has 0 aromatic carbocycles. The second-order valence-corrected chi connectivity index (χ2v) is 4.89. The number of carbonyl (C=O) groups excluding carboxylic acids is 1. The third kappa shape index (κ3) is 6.38. The van der Waals surface area contributed by atoms with Crippen molar-refractivity contribution in [2.24, 2.45) is 0 Å². The summed E-state index contributed by atoms with van der Waals surface area (Å²) in [7, 11) is 0. The van der Waals surface area contributed by atoms with Crippen LogP contribution in [0.15, 0.2) is 18.3 Å². The van der Waals surface area contributed by atoms with Crippen LogP contribution in [0.1, 0.15) is 12.6 Å². The molecule has 4 nitrogen and oxygen atoms in total. The van der Waals surface area contributed by atoms with Crippen LogP contribution >= 0.6 is 24.2 Å². The Hall–Kier alpha value is -0.940. The lowest BCUT2D eigenvalue weighted by Gasteiger charge is -2.09. The molecule has 1 amide bonds. The van der Waals surface area contributed by atoms with Crippen molar-refractivity contribution in [1.29, 1.82) is 0 Å². The predicted octanol–water partition coefficient (Wildman–Crippen LogP) is 1.50. The summed E-state index contributed by atoms with van der Waals surface area (Å²) >= 11 is 1.73. The van der Waals surface area contributed by atoms with E-state index < -0.39 is 0 Å². The molecule has 0 aliphatic rings. The van der Waals surface area contributed by atoms with E-state index in [0.29, 0.717) is 23.9 Å². The first-order chi connectivity index (χ1) is 7.61. The van der Waals surface area contributed by atoms with E-state index in [2.05, 4.69) is 17.2 Å². The van der Waals surface area contributed by atoms with Gasteiger partial charge in [-0.15, -0.1) is 12.4 Å². The van der Waals surface area contributed by atoms with Gasteiger partial charge in [0, 0.05) is 17.5 Å². The summed E-state index contributed by atoms with van der Waals surface area (Å²) in [6, 6.07) is 3.52. The maximum absolute atomic E-state index is 11.5. The van der Waals surface area contributed by atoms with Crippen LogP contribution in [0.2, 0.25) is 0 Å². The number of anilines is 1. The zero-order valence-electron chi connectivity index (χ0n) is 9.97. The first-order valence-corrected chi connectivity index (χ1v) is 6.40. The molecule has 6 heteroatoms. The summed E-state index contributed by atoms with van der Waals surface area (Å²) in [5, 5.41) is 3.30. The van der Waals surface area contributed by atoms with Crippen LogP contribution in [0.5, 0.6) is 0 Å². The van der Waals surface area contributed by atoms with Gasteiger partial charge in [0.05, 0.1) is 18.3 Å². The van der Waals surface area contributed by atoms with Gasteiger partial charge >= 0.3 is 0 Å². The van der Waals surface area contributed by atoms with Gasteiger partial charge in [-0.1, -0.05) is 6.92 Å². The SMILES string of the molecule is CSC(C)CNC(=O)Cc1ccc(N)cn1.Cl. The standard InChI is InChI=1S/C11H17N3OS.ClH/c1-8(16-2)6-14-11(15)5-10-4-3-9(12)7-13-10;/h3-4,7-8H,5-6,12H2,1-2H3,(H,14,15);1H. The Morgan fingerprint density at radius 2 is 2.29 bits per heavy atom. The van der Waals surface area contributed by atoms with Gasteiger partial charge in [-0.3, -0.25) is 9.78 Å².